The Labute approximate surface area is 167 Å². The summed E-state index contributed by atoms with van der Waals surface area (Å²) in [7, 11) is 0. The van der Waals surface area contributed by atoms with Crippen LogP contribution in [0.5, 0.6) is 0 Å². The summed E-state index contributed by atoms with van der Waals surface area (Å²) in [5.41, 5.74) is -0.372. The lowest BCUT2D eigenvalue weighted by atomic mass is 9.96. The molecule has 1 aliphatic heterocycles. The van der Waals surface area contributed by atoms with Crippen molar-refractivity contribution in [1.29, 1.82) is 0 Å². The summed E-state index contributed by atoms with van der Waals surface area (Å²) in [6, 6.07) is 5.01. The SMILES string of the molecule is CCNC(=NCC#Cc1cccc(C(F)(F)F)c1)N1CCC(c2ncn[nH]2)CC1. The van der Waals surface area contributed by atoms with E-state index < -0.39 is 11.7 Å². The first-order valence-electron chi connectivity index (χ1n) is 9.52. The van der Waals surface area contributed by atoms with E-state index in [0.29, 0.717) is 11.5 Å². The number of nitrogens with zero attached hydrogens (tertiary/aromatic N) is 4. The van der Waals surface area contributed by atoms with Crippen molar-refractivity contribution in [3.8, 4) is 11.8 Å². The molecular weight excluding hydrogens is 381 g/mol. The molecule has 0 atom stereocenters. The lowest BCUT2D eigenvalue weighted by molar-refractivity contribution is -0.137. The fraction of sp³-hybridized carbons (Fsp3) is 0.450. The van der Waals surface area contributed by atoms with Crippen LogP contribution >= 0.6 is 0 Å². The summed E-state index contributed by atoms with van der Waals surface area (Å²) in [5, 5.41) is 10.1. The van der Waals surface area contributed by atoms with Crippen molar-refractivity contribution in [2.45, 2.75) is 31.9 Å². The number of nitrogens with one attached hydrogen (secondary N) is 2. The van der Waals surface area contributed by atoms with E-state index in [1.807, 2.05) is 6.92 Å². The van der Waals surface area contributed by atoms with Gasteiger partial charge in [0, 0.05) is 31.1 Å². The molecule has 0 saturated carbocycles. The van der Waals surface area contributed by atoms with Crippen molar-refractivity contribution < 1.29 is 13.2 Å². The fourth-order valence-electron chi connectivity index (χ4n) is 3.23. The number of aliphatic imine (C=N–C) groups is 1. The lowest BCUT2D eigenvalue weighted by Gasteiger charge is -2.33. The monoisotopic (exact) mass is 404 g/mol. The normalized spacial score (nSPS) is 15.7. The van der Waals surface area contributed by atoms with E-state index in [1.54, 1.807) is 6.07 Å². The van der Waals surface area contributed by atoms with Crippen LogP contribution in [0.15, 0.2) is 35.6 Å². The molecular formula is C20H23F3N6. The molecule has 1 aliphatic rings. The van der Waals surface area contributed by atoms with Gasteiger partial charge in [-0.25, -0.2) is 9.98 Å². The van der Waals surface area contributed by atoms with Crippen LogP contribution in [0.1, 0.15) is 42.6 Å². The highest BCUT2D eigenvalue weighted by Gasteiger charge is 2.30. The Hall–Kier alpha value is -3.02. The molecule has 29 heavy (non-hydrogen) atoms. The molecule has 154 valence electrons. The molecule has 2 heterocycles. The number of halogens is 3. The molecule has 0 bridgehead atoms. The van der Waals surface area contributed by atoms with Crippen molar-refractivity contribution in [3.05, 3.63) is 47.5 Å². The quantitative estimate of drug-likeness (QED) is 0.469. The Kier molecular flexibility index (Phi) is 6.75. The van der Waals surface area contributed by atoms with Gasteiger partial charge in [0.1, 0.15) is 18.7 Å². The van der Waals surface area contributed by atoms with Crippen molar-refractivity contribution >= 4 is 5.96 Å². The summed E-state index contributed by atoms with van der Waals surface area (Å²) in [4.78, 5) is 10.9. The van der Waals surface area contributed by atoms with Crippen LogP contribution in [0, 0.1) is 11.8 Å². The summed E-state index contributed by atoms with van der Waals surface area (Å²) < 4.78 is 38.3. The number of guanidine groups is 1. The molecule has 9 heteroatoms. The van der Waals surface area contributed by atoms with E-state index >= 15 is 0 Å². The molecule has 1 aromatic carbocycles. The zero-order chi connectivity index (χ0) is 20.7. The zero-order valence-electron chi connectivity index (χ0n) is 16.1. The first-order chi connectivity index (χ1) is 14.0. The number of aromatic nitrogens is 3. The average Bonchev–Trinajstić information content (AvgIpc) is 3.25. The molecule has 2 N–H and O–H groups in total. The van der Waals surface area contributed by atoms with E-state index in [0.717, 1.165) is 56.4 Å². The van der Waals surface area contributed by atoms with Gasteiger partial charge in [-0.05, 0) is 38.0 Å². The van der Waals surface area contributed by atoms with Crippen LogP contribution in [0.3, 0.4) is 0 Å². The highest BCUT2D eigenvalue weighted by molar-refractivity contribution is 5.80. The lowest BCUT2D eigenvalue weighted by Crippen LogP contribution is -2.45. The average molecular weight is 404 g/mol. The first kappa shape index (κ1) is 20.7. The number of likely N-dealkylation sites (tertiary alicyclic amines) is 1. The van der Waals surface area contributed by atoms with Crippen LogP contribution < -0.4 is 5.32 Å². The number of H-pyrrole nitrogens is 1. The zero-order valence-corrected chi connectivity index (χ0v) is 16.1. The molecule has 1 aromatic heterocycles. The van der Waals surface area contributed by atoms with Gasteiger partial charge in [-0.1, -0.05) is 17.9 Å². The Morgan fingerprint density at radius 1 is 1.34 bits per heavy atom. The third kappa shape index (κ3) is 5.73. The van der Waals surface area contributed by atoms with Gasteiger partial charge >= 0.3 is 6.18 Å². The van der Waals surface area contributed by atoms with E-state index in [-0.39, 0.29) is 6.54 Å². The Balaban J connectivity index is 1.60. The van der Waals surface area contributed by atoms with Crippen molar-refractivity contribution in [2.75, 3.05) is 26.2 Å². The minimum atomic E-state index is -4.37. The number of aromatic amines is 1. The summed E-state index contributed by atoms with van der Waals surface area (Å²) >= 11 is 0. The second-order valence-corrected chi connectivity index (χ2v) is 6.68. The molecule has 2 aromatic rings. The van der Waals surface area contributed by atoms with E-state index in [1.165, 1.54) is 12.4 Å². The molecule has 1 fully saturated rings. The third-order valence-electron chi connectivity index (χ3n) is 4.68. The number of rotatable bonds is 3. The predicted molar refractivity (Wildman–Crippen MR) is 104 cm³/mol. The molecule has 0 aliphatic carbocycles. The van der Waals surface area contributed by atoms with Gasteiger partial charge in [0.15, 0.2) is 5.96 Å². The van der Waals surface area contributed by atoms with Crippen molar-refractivity contribution in [1.82, 2.24) is 25.4 Å². The van der Waals surface area contributed by atoms with Gasteiger partial charge in [0.2, 0.25) is 0 Å². The number of benzene rings is 1. The van der Waals surface area contributed by atoms with Gasteiger partial charge < -0.3 is 10.2 Å². The van der Waals surface area contributed by atoms with Crippen LogP contribution in [0.25, 0.3) is 0 Å². The van der Waals surface area contributed by atoms with Gasteiger partial charge in [0.25, 0.3) is 0 Å². The Morgan fingerprint density at radius 3 is 2.79 bits per heavy atom. The van der Waals surface area contributed by atoms with Crippen LogP contribution in [-0.4, -0.2) is 52.2 Å². The number of piperidine rings is 1. The second-order valence-electron chi connectivity index (χ2n) is 6.68. The second kappa shape index (κ2) is 9.45. The maximum atomic E-state index is 12.8. The molecule has 1 saturated heterocycles. The standard InChI is InChI=1S/C20H23F3N6/c1-2-24-19(29-11-8-16(9-12-29)18-26-14-27-28-18)25-10-4-6-15-5-3-7-17(13-15)20(21,22)23/h3,5,7,13-14,16H,2,8-12H2,1H3,(H,24,25)(H,26,27,28). The molecule has 0 spiro atoms. The highest BCUT2D eigenvalue weighted by atomic mass is 19.4. The summed E-state index contributed by atoms with van der Waals surface area (Å²) in [6.45, 7) is 4.59. The summed E-state index contributed by atoms with van der Waals surface area (Å²) in [5.74, 6) is 7.64. The molecule has 0 unspecified atom stereocenters. The van der Waals surface area contributed by atoms with Crippen LogP contribution in [-0.2, 0) is 6.18 Å². The molecule has 0 radical (unpaired) electrons. The molecule has 3 rings (SSSR count). The minimum absolute atomic E-state index is 0.209. The maximum absolute atomic E-state index is 12.8. The van der Waals surface area contributed by atoms with E-state index in [9.17, 15) is 13.2 Å². The topological polar surface area (TPSA) is 69.2 Å². The van der Waals surface area contributed by atoms with Gasteiger partial charge in [0.05, 0.1) is 5.56 Å². The highest BCUT2D eigenvalue weighted by Crippen LogP contribution is 2.29. The van der Waals surface area contributed by atoms with Crippen LogP contribution in [0.4, 0.5) is 13.2 Å². The molecule has 6 nitrogen and oxygen atoms in total. The summed E-state index contributed by atoms with van der Waals surface area (Å²) in [6.07, 6.45) is -0.965. The smallest absolute Gasteiger partial charge is 0.356 e. The number of hydrogen-bond donors (Lipinski definition) is 2. The Morgan fingerprint density at radius 2 is 2.14 bits per heavy atom. The van der Waals surface area contributed by atoms with E-state index in [2.05, 4.69) is 42.2 Å². The number of hydrogen-bond acceptors (Lipinski definition) is 3. The van der Waals surface area contributed by atoms with Crippen molar-refractivity contribution in [3.63, 3.8) is 0 Å². The molecule has 0 amide bonds. The Bertz CT molecular complexity index is 872. The van der Waals surface area contributed by atoms with Crippen LogP contribution in [0.2, 0.25) is 0 Å². The van der Waals surface area contributed by atoms with Gasteiger partial charge in [-0.2, -0.15) is 18.3 Å². The van der Waals surface area contributed by atoms with Crippen molar-refractivity contribution in [2.24, 2.45) is 4.99 Å². The predicted octanol–water partition coefficient (Wildman–Crippen LogP) is 3.02. The van der Waals surface area contributed by atoms with Gasteiger partial charge in [-0.15, -0.1) is 0 Å². The third-order valence-corrected chi connectivity index (χ3v) is 4.68. The van der Waals surface area contributed by atoms with E-state index in [4.69, 9.17) is 0 Å². The first-order valence-corrected chi connectivity index (χ1v) is 9.52. The maximum Gasteiger partial charge on any atom is 0.416 e. The van der Waals surface area contributed by atoms with Gasteiger partial charge in [-0.3, -0.25) is 5.10 Å². The number of alkyl halides is 3. The largest absolute Gasteiger partial charge is 0.416 e. The minimum Gasteiger partial charge on any atom is -0.356 e. The fourth-order valence-corrected chi connectivity index (χ4v) is 3.23.